The van der Waals surface area contributed by atoms with E-state index in [9.17, 15) is 4.79 Å². The highest BCUT2D eigenvalue weighted by Crippen LogP contribution is 2.25. The zero-order valence-electron chi connectivity index (χ0n) is 9.97. The second-order valence-electron chi connectivity index (χ2n) is 4.23. The minimum absolute atomic E-state index is 0.494. The first kappa shape index (κ1) is 12.3. The molecule has 3 aromatic rings. The van der Waals surface area contributed by atoms with Gasteiger partial charge in [0.15, 0.2) is 6.29 Å². The van der Waals surface area contributed by atoms with Crippen LogP contribution in [-0.2, 0) is 6.42 Å². The SMILES string of the molecule is O=Cc1ccc(Cc2nc3ccccc3s2)cc1Cl. The number of hydrogen-bond acceptors (Lipinski definition) is 3. The first-order valence-corrected chi connectivity index (χ1v) is 7.04. The van der Waals surface area contributed by atoms with Gasteiger partial charge in [0.1, 0.15) is 0 Å². The lowest BCUT2D eigenvalue weighted by Crippen LogP contribution is -1.89. The lowest BCUT2D eigenvalue weighted by molar-refractivity contribution is 0.112. The Morgan fingerprint density at radius 3 is 2.79 bits per heavy atom. The van der Waals surface area contributed by atoms with Gasteiger partial charge in [-0.2, -0.15) is 0 Å². The van der Waals surface area contributed by atoms with Gasteiger partial charge in [0, 0.05) is 12.0 Å². The number of aldehydes is 1. The van der Waals surface area contributed by atoms with Gasteiger partial charge < -0.3 is 0 Å². The molecule has 1 aromatic heterocycles. The van der Waals surface area contributed by atoms with Gasteiger partial charge in [0.05, 0.1) is 20.2 Å². The highest BCUT2D eigenvalue weighted by Gasteiger charge is 2.06. The third-order valence-corrected chi connectivity index (χ3v) is 4.25. The predicted octanol–water partition coefficient (Wildman–Crippen LogP) is 4.35. The van der Waals surface area contributed by atoms with Gasteiger partial charge in [-0.25, -0.2) is 4.98 Å². The number of fused-ring (bicyclic) bond motifs is 1. The average Bonchev–Trinajstić information content (AvgIpc) is 2.81. The van der Waals surface area contributed by atoms with Crippen LogP contribution in [-0.4, -0.2) is 11.3 Å². The normalized spacial score (nSPS) is 10.8. The summed E-state index contributed by atoms with van der Waals surface area (Å²) in [5, 5.41) is 1.55. The molecule has 0 aliphatic heterocycles. The molecular weight excluding hydrogens is 278 g/mol. The third-order valence-electron chi connectivity index (χ3n) is 2.89. The number of carbonyl (C=O) groups excluding carboxylic acids is 1. The van der Waals surface area contributed by atoms with E-state index in [1.807, 2.05) is 30.3 Å². The summed E-state index contributed by atoms with van der Waals surface area (Å²) in [5.41, 5.74) is 2.61. The zero-order chi connectivity index (χ0) is 13.2. The zero-order valence-corrected chi connectivity index (χ0v) is 11.5. The van der Waals surface area contributed by atoms with E-state index < -0.39 is 0 Å². The molecule has 0 saturated carbocycles. The van der Waals surface area contributed by atoms with E-state index in [0.717, 1.165) is 28.8 Å². The minimum atomic E-state index is 0.494. The molecule has 0 amide bonds. The molecule has 0 radical (unpaired) electrons. The van der Waals surface area contributed by atoms with Crippen LogP contribution in [0.4, 0.5) is 0 Å². The van der Waals surface area contributed by atoms with E-state index in [1.54, 1.807) is 17.4 Å². The number of benzene rings is 2. The third kappa shape index (κ3) is 2.53. The van der Waals surface area contributed by atoms with Crippen molar-refractivity contribution >= 4 is 39.4 Å². The van der Waals surface area contributed by atoms with E-state index in [-0.39, 0.29) is 0 Å². The maximum atomic E-state index is 10.7. The van der Waals surface area contributed by atoms with Gasteiger partial charge in [-0.15, -0.1) is 11.3 Å². The number of carbonyl (C=O) groups is 1. The second-order valence-corrected chi connectivity index (χ2v) is 5.75. The molecule has 0 atom stereocenters. The molecule has 0 aliphatic rings. The molecule has 0 fully saturated rings. The molecule has 0 saturated heterocycles. The molecule has 2 nitrogen and oxygen atoms in total. The summed E-state index contributed by atoms with van der Waals surface area (Å²) in [5.74, 6) is 0. The van der Waals surface area contributed by atoms with Gasteiger partial charge >= 0.3 is 0 Å². The summed E-state index contributed by atoms with van der Waals surface area (Å²) in [6, 6.07) is 13.6. The van der Waals surface area contributed by atoms with Crippen LogP contribution in [0, 0.1) is 0 Å². The Balaban J connectivity index is 1.92. The second kappa shape index (κ2) is 5.11. The largest absolute Gasteiger partial charge is 0.298 e. The summed E-state index contributed by atoms with van der Waals surface area (Å²) in [4.78, 5) is 15.3. The van der Waals surface area contributed by atoms with Crippen molar-refractivity contribution in [2.75, 3.05) is 0 Å². The van der Waals surface area contributed by atoms with Crippen LogP contribution in [0.5, 0.6) is 0 Å². The van der Waals surface area contributed by atoms with E-state index in [4.69, 9.17) is 11.6 Å². The first-order valence-electron chi connectivity index (χ1n) is 5.84. The van der Waals surface area contributed by atoms with Crippen molar-refractivity contribution in [3.8, 4) is 0 Å². The lowest BCUT2D eigenvalue weighted by atomic mass is 10.1. The topological polar surface area (TPSA) is 30.0 Å². The fourth-order valence-corrected chi connectivity index (χ4v) is 3.20. The van der Waals surface area contributed by atoms with E-state index in [1.165, 1.54) is 4.70 Å². The summed E-state index contributed by atoms with van der Waals surface area (Å²) < 4.78 is 1.19. The quantitative estimate of drug-likeness (QED) is 0.670. The molecule has 0 N–H and O–H groups in total. The van der Waals surface area contributed by atoms with Crippen molar-refractivity contribution in [2.45, 2.75) is 6.42 Å². The molecule has 0 unspecified atom stereocenters. The Labute approximate surface area is 119 Å². The molecule has 0 aliphatic carbocycles. The average molecular weight is 288 g/mol. The molecule has 94 valence electrons. The number of rotatable bonds is 3. The number of thiazole rings is 1. The van der Waals surface area contributed by atoms with Crippen LogP contribution in [0.3, 0.4) is 0 Å². The Bertz CT molecular complexity index is 718. The van der Waals surface area contributed by atoms with E-state index >= 15 is 0 Å². The van der Waals surface area contributed by atoms with Crippen molar-refractivity contribution in [1.82, 2.24) is 4.98 Å². The molecule has 4 heteroatoms. The van der Waals surface area contributed by atoms with E-state index in [2.05, 4.69) is 11.1 Å². The summed E-state index contributed by atoms with van der Waals surface area (Å²) in [6.45, 7) is 0. The molecule has 0 spiro atoms. The van der Waals surface area contributed by atoms with Crippen LogP contribution in [0.15, 0.2) is 42.5 Å². The van der Waals surface area contributed by atoms with Crippen LogP contribution in [0.25, 0.3) is 10.2 Å². The standard InChI is InChI=1S/C15H10ClNOS/c16-12-7-10(5-6-11(12)9-18)8-15-17-13-3-1-2-4-14(13)19-15/h1-7,9H,8H2. The number of para-hydroxylation sites is 1. The number of nitrogens with zero attached hydrogens (tertiary/aromatic N) is 1. The van der Waals surface area contributed by atoms with Crippen LogP contribution >= 0.6 is 22.9 Å². The molecular formula is C15H10ClNOS. The smallest absolute Gasteiger partial charge is 0.151 e. The van der Waals surface area contributed by atoms with Crippen molar-refractivity contribution < 1.29 is 4.79 Å². The number of aromatic nitrogens is 1. The lowest BCUT2D eigenvalue weighted by Gasteiger charge is -2.01. The first-order chi connectivity index (χ1) is 9.26. The van der Waals surface area contributed by atoms with Crippen LogP contribution in [0.1, 0.15) is 20.9 Å². The van der Waals surface area contributed by atoms with Gasteiger partial charge in [0.2, 0.25) is 0 Å². The molecule has 0 bridgehead atoms. The summed E-state index contributed by atoms with van der Waals surface area (Å²) in [7, 11) is 0. The molecule has 2 aromatic carbocycles. The number of hydrogen-bond donors (Lipinski definition) is 0. The summed E-state index contributed by atoms with van der Waals surface area (Å²) >= 11 is 7.71. The Morgan fingerprint density at radius 1 is 1.21 bits per heavy atom. The fourth-order valence-electron chi connectivity index (χ4n) is 1.95. The molecule has 19 heavy (non-hydrogen) atoms. The van der Waals surface area contributed by atoms with Crippen LogP contribution in [0.2, 0.25) is 5.02 Å². The van der Waals surface area contributed by atoms with Crippen molar-refractivity contribution in [3.05, 3.63) is 63.6 Å². The van der Waals surface area contributed by atoms with E-state index in [0.29, 0.717) is 10.6 Å². The van der Waals surface area contributed by atoms with Gasteiger partial charge in [0.25, 0.3) is 0 Å². The highest BCUT2D eigenvalue weighted by molar-refractivity contribution is 7.18. The maximum absolute atomic E-state index is 10.7. The highest BCUT2D eigenvalue weighted by atomic mass is 35.5. The monoisotopic (exact) mass is 287 g/mol. The predicted molar refractivity (Wildman–Crippen MR) is 79.3 cm³/mol. The fraction of sp³-hybridized carbons (Fsp3) is 0.0667. The van der Waals surface area contributed by atoms with Crippen LogP contribution < -0.4 is 0 Å². The van der Waals surface area contributed by atoms with Gasteiger partial charge in [-0.3, -0.25) is 4.79 Å². The Morgan fingerprint density at radius 2 is 2.05 bits per heavy atom. The van der Waals surface area contributed by atoms with Crippen molar-refractivity contribution in [2.24, 2.45) is 0 Å². The van der Waals surface area contributed by atoms with Gasteiger partial charge in [-0.1, -0.05) is 29.8 Å². The Kier molecular flexibility index (Phi) is 3.32. The summed E-state index contributed by atoms with van der Waals surface area (Å²) in [6.07, 6.45) is 1.50. The minimum Gasteiger partial charge on any atom is -0.298 e. The van der Waals surface area contributed by atoms with Gasteiger partial charge in [-0.05, 0) is 29.8 Å². The maximum Gasteiger partial charge on any atom is 0.151 e. The van der Waals surface area contributed by atoms with Crippen molar-refractivity contribution in [3.63, 3.8) is 0 Å². The molecule has 3 rings (SSSR count). The molecule has 1 heterocycles. The Hall–Kier alpha value is -1.71. The van der Waals surface area contributed by atoms with Crippen molar-refractivity contribution in [1.29, 1.82) is 0 Å². The number of halogens is 1.